The summed E-state index contributed by atoms with van der Waals surface area (Å²) in [5.74, 6) is 0.338. The van der Waals surface area contributed by atoms with E-state index >= 15 is 0 Å². The molecule has 1 aromatic rings. The third-order valence-corrected chi connectivity index (χ3v) is 2.44. The van der Waals surface area contributed by atoms with Crippen LogP contribution in [0.2, 0.25) is 0 Å². The van der Waals surface area contributed by atoms with Crippen molar-refractivity contribution in [1.29, 1.82) is 0 Å². The van der Waals surface area contributed by atoms with Crippen LogP contribution in [-0.4, -0.2) is 37.2 Å². The highest BCUT2D eigenvalue weighted by Crippen LogP contribution is 2.27. The third-order valence-electron chi connectivity index (χ3n) is 2.00. The molecule has 0 radical (unpaired) electrons. The number of nitrogens with zero attached hydrogens (tertiary/aromatic N) is 3. The second-order valence-electron chi connectivity index (χ2n) is 3.17. The quantitative estimate of drug-likeness (QED) is 0.611. The molecule has 0 bridgehead atoms. The molecular weight excluding hydrogens is 278 g/mol. The zero-order chi connectivity index (χ0) is 12.1. The average molecular weight is 290 g/mol. The molecule has 0 aliphatic heterocycles. The van der Waals surface area contributed by atoms with E-state index in [9.17, 15) is 10.1 Å². The van der Waals surface area contributed by atoms with E-state index in [4.69, 9.17) is 4.74 Å². The van der Waals surface area contributed by atoms with E-state index in [-0.39, 0.29) is 5.69 Å². The van der Waals surface area contributed by atoms with E-state index in [1.807, 2.05) is 0 Å². The molecule has 16 heavy (non-hydrogen) atoms. The number of nitro groups is 1. The fourth-order valence-corrected chi connectivity index (χ4v) is 1.50. The topological polar surface area (TPSA) is 68.5 Å². The number of hydrogen-bond donors (Lipinski definition) is 0. The van der Waals surface area contributed by atoms with Gasteiger partial charge < -0.3 is 9.64 Å². The second kappa shape index (κ2) is 5.76. The van der Waals surface area contributed by atoms with E-state index in [1.54, 1.807) is 19.1 Å². The fourth-order valence-electron chi connectivity index (χ4n) is 1.18. The van der Waals surface area contributed by atoms with Crippen LogP contribution in [0.3, 0.4) is 0 Å². The smallest absolute Gasteiger partial charge is 0.312 e. The van der Waals surface area contributed by atoms with Gasteiger partial charge >= 0.3 is 5.69 Å². The van der Waals surface area contributed by atoms with Crippen molar-refractivity contribution in [2.24, 2.45) is 0 Å². The molecular formula is C9H12BrN3O3. The number of pyridine rings is 1. The van der Waals surface area contributed by atoms with E-state index in [0.29, 0.717) is 23.4 Å². The molecule has 0 aliphatic rings. The van der Waals surface area contributed by atoms with Crippen molar-refractivity contribution >= 4 is 27.4 Å². The Bertz CT molecular complexity index is 386. The molecule has 1 aromatic heterocycles. The zero-order valence-electron chi connectivity index (χ0n) is 9.01. The first-order valence-corrected chi connectivity index (χ1v) is 5.35. The lowest BCUT2D eigenvalue weighted by Crippen LogP contribution is -2.23. The Labute approximate surface area is 102 Å². The molecule has 0 saturated carbocycles. The Morgan fingerprint density at radius 3 is 2.94 bits per heavy atom. The van der Waals surface area contributed by atoms with Crippen LogP contribution >= 0.6 is 15.9 Å². The van der Waals surface area contributed by atoms with Crippen LogP contribution in [0.1, 0.15) is 0 Å². The normalized spacial score (nSPS) is 10.2. The van der Waals surface area contributed by atoms with Gasteiger partial charge in [-0.15, -0.1) is 0 Å². The van der Waals surface area contributed by atoms with Gasteiger partial charge in [0.1, 0.15) is 0 Å². The minimum atomic E-state index is -0.448. The predicted octanol–water partition coefficient (Wildman–Crippen LogP) is 1.83. The Kier molecular flexibility index (Phi) is 4.63. The van der Waals surface area contributed by atoms with Crippen molar-refractivity contribution in [3.05, 3.63) is 26.9 Å². The summed E-state index contributed by atoms with van der Waals surface area (Å²) in [6.45, 7) is 1.04. The Morgan fingerprint density at radius 1 is 1.69 bits per heavy atom. The van der Waals surface area contributed by atoms with Gasteiger partial charge in [-0.25, -0.2) is 4.98 Å². The monoisotopic (exact) mass is 289 g/mol. The molecule has 1 rings (SSSR count). The number of anilines is 1. The number of ether oxygens (including phenoxy) is 1. The van der Waals surface area contributed by atoms with Gasteiger partial charge in [0.2, 0.25) is 5.82 Å². The summed E-state index contributed by atoms with van der Waals surface area (Å²) in [4.78, 5) is 16.1. The Hall–Kier alpha value is -1.21. The van der Waals surface area contributed by atoms with E-state index in [0.717, 1.165) is 0 Å². The zero-order valence-corrected chi connectivity index (χ0v) is 10.6. The van der Waals surface area contributed by atoms with Gasteiger partial charge in [-0.2, -0.15) is 0 Å². The molecule has 6 nitrogen and oxygen atoms in total. The lowest BCUT2D eigenvalue weighted by atomic mass is 10.3. The number of methoxy groups -OCH3 is 1. The number of halogens is 1. The summed E-state index contributed by atoms with van der Waals surface area (Å²) < 4.78 is 5.50. The van der Waals surface area contributed by atoms with Crippen molar-refractivity contribution in [1.82, 2.24) is 4.98 Å². The molecule has 7 heteroatoms. The minimum Gasteiger partial charge on any atom is -0.383 e. The summed E-state index contributed by atoms with van der Waals surface area (Å²) in [6, 6.07) is 1.44. The third kappa shape index (κ3) is 3.14. The highest BCUT2D eigenvalue weighted by atomic mass is 79.9. The molecule has 0 spiro atoms. The van der Waals surface area contributed by atoms with Gasteiger partial charge in [-0.3, -0.25) is 10.1 Å². The molecule has 1 heterocycles. The van der Waals surface area contributed by atoms with Crippen molar-refractivity contribution in [3.63, 3.8) is 0 Å². The molecule has 0 fully saturated rings. The summed E-state index contributed by atoms with van der Waals surface area (Å²) in [7, 11) is 3.32. The van der Waals surface area contributed by atoms with Crippen LogP contribution in [0, 0.1) is 10.1 Å². The maximum absolute atomic E-state index is 10.8. The Morgan fingerprint density at radius 2 is 2.38 bits per heavy atom. The van der Waals surface area contributed by atoms with Gasteiger partial charge in [0.15, 0.2) is 0 Å². The van der Waals surface area contributed by atoms with Crippen LogP contribution in [0.25, 0.3) is 0 Å². The summed E-state index contributed by atoms with van der Waals surface area (Å²) in [5.41, 5.74) is -0.0204. The summed E-state index contributed by atoms with van der Waals surface area (Å²) >= 11 is 3.16. The second-order valence-corrected chi connectivity index (χ2v) is 4.08. The molecule has 0 amide bonds. The average Bonchev–Trinajstić information content (AvgIpc) is 2.25. The first kappa shape index (κ1) is 12.9. The fraction of sp³-hybridized carbons (Fsp3) is 0.444. The highest BCUT2D eigenvalue weighted by molar-refractivity contribution is 9.10. The maximum atomic E-state index is 10.8. The first-order valence-electron chi connectivity index (χ1n) is 4.56. The van der Waals surface area contributed by atoms with Crippen LogP contribution in [0.5, 0.6) is 0 Å². The first-order chi connectivity index (χ1) is 7.56. The SMILES string of the molecule is COCCN(C)c1ncc(Br)cc1[N+](=O)[O-]. The van der Waals surface area contributed by atoms with Crippen molar-refractivity contribution in [2.45, 2.75) is 0 Å². The van der Waals surface area contributed by atoms with Crippen molar-refractivity contribution in [3.8, 4) is 0 Å². The van der Waals surface area contributed by atoms with Gasteiger partial charge in [-0.1, -0.05) is 0 Å². The van der Waals surface area contributed by atoms with Crippen molar-refractivity contribution < 1.29 is 9.66 Å². The molecule has 88 valence electrons. The van der Waals surface area contributed by atoms with Gasteiger partial charge in [0.25, 0.3) is 0 Å². The molecule has 0 aromatic carbocycles. The Balaban J connectivity index is 2.98. The lowest BCUT2D eigenvalue weighted by molar-refractivity contribution is -0.384. The van der Waals surface area contributed by atoms with E-state index < -0.39 is 4.92 Å². The molecule has 0 N–H and O–H groups in total. The number of rotatable bonds is 5. The van der Waals surface area contributed by atoms with E-state index in [2.05, 4.69) is 20.9 Å². The summed E-state index contributed by atoms with van der Waals surface area (Å²) in [5, 5.41) is 10.8. The van der Waals surface area contributed by atoms with Gasteiger partial charge in [-0.05, 0) is 15.9 Å². The lowest BCUT2D eigenvalue weighted by Gasteiger charge is -2.17. The maximum Gasteiger partial charge on any atom is 0.312 e. The van der Waals surface area contributed by atoms with Gasteiger partial charge in [0, 0.05) is 37.4 Å². The highest BCUT2D eigenvalue weighted by Gasteiger charge is 2.18. The van der Waals surface area contributed by atoms with Crippen LogP contribution in [-0.2, 0) is 4.74 Å². The number of likely N-dealkylation sites (N-methyl/N-ethyl adjacent to an activating group) is 1. The van der Waals surface area contributed by atoms with Crippen LogP contribution in [0.4, 0.5) is 11.5 Å². The van der Waals surface area contributed by atoms with E-state index in [1.165, 1.54) is 12.3 Å². The van der Waals surface area contributed by atoms with Crippen molar-refractivity contribution in [2.75, 3.05) is 32.2 Å². The van der Waals surface area contributed by atoms with Crippen LogP contribution in [0.15, 0.2) is 16.7 Å². The van der Waals surface area contributed by atoms with Gasteiger partial charge in [0.05, 0.1) is 11.5 Å². The van der Waals surface area contributed by atoms with Crippen LogP contribution < -0.4 is 4.90 Å². The minimum absolute atomic E-state index is 0.0204. The molecule has 0 saturated heterocycles. The molecule has 0 unspecified atom stereocenters. The standard InChI is InChI=1S/C9H12BrN3O3/c1-12(3-4-16-2)9-8(13(14)15)5-7(10)6-11-9/h5-6H,3-4H2,1-2H3. The molecule has 0 atom stereocenters. The largest absolute Gasteiger partial charge is 0.383 e. The predicted molar refractivity (Wildman–Crippen MR) is 63.7 cm³/mol. The number of hydrogen-bond acceptors (Lipinski definition) is 5. The summed E-state index contributed by atoms with van der Waals surface area (Å²) in [6.07, 6.45) is 1.53. The molecule has 0 aliphatic carbocycles. The number of aromatic nitrogens is 1.